The topological polar surface area (TPSA) is 47.0 Å². The van der Waals surface area contributed by atoms with E-state index in [4.69, 9.17) is 4.74 Å². The van der Waals surface area contributed by atoms with E-state index in [-0.39, 0.29) is 0 Å². The van der Waals surface area contributed by atoms with Gasteiger partial charge in [-0.15, -0.1) is 11.3 Å². The molecule has 27 heavy (non-hydrogen) atoms. The third-order valence-corrected chi connectivity index (χ3v) is 5.83. The Kier molecular flexibility index (Phi) is 4.54. The van der Waals surface area contributed by atoms with Crippen molar-refractivity contribution in [3.63, 3.8) is 0 Å². The third kappa shape index (κ3) is 3.15. The number of thiophene rings is 1. The molecule has 0 fully saturated rings. The lowest BCUT2D eigenvalue weighted by molar-refractivity contribution is 0.417. The van der Waals surface area contributed by atoms with Gasteiger partial charge in [0.25, 0.3) is 0 Å². The van der Waals surface area contributed by atoms with Crippen LogP contribution in [-0.2, 0) is 0 Å². The molecule has 2 aromatic carbocycles. The second-order valence-corrected chi connectivity index (χ2v) is 7.76. The minimum absolute atomic E-state index is 0.781. The Hall–Kier alpha value is -2.92. The molecule has 4 aromatic rings. The van der Waals surface area contributed by atoms with Gasteiger partial charge in [-0.3, -0.25) is 0 Å². The van der Waals surface area contributed by atoms with Crippen LogP contribution in [0.1, 0.15) is 16.0 Å². The molecule has 0 bridgehead atoms. The number of rotatable bonds is 4. The molecular formula is C22H21N3OS. The number of benzene rings is 2. The number of fused-ring (bicyclic) bond motifs is 1. The average molecular weight is 375 g/mol. The van der Waals surface area contributed by atoms with Gasteiger partial charge in [0.2, 0.25) is 0 Å². The van der Waals surface area contributed by atoms with Crippen molar-refractivity contribution in [1.29, 1.82) is 0 Å². The number of anilines is 2. The molecule has 0 saturated heterocycles. The van der Waals surface area contributed by atoms with E-state index in [9.17, 15) is 0 Å². The molecule has 0 saturated carbocycles. The van der Waals surface area contributed by atoms with E-state index in [1.165, 1.54) is 27.1 Å². The maximum atomic E-state index is 5.48. The minimum atomic E-state index is 0.781. The number of hydrogen-bond acceptors (Lipinski definition) is 5. The van der Waals surface area contributed by atoms with Gasteiger partial charge in [-0.1, -0.05) is 30.3 Å². The molecule has 1 N–H and O–H groups in total. The monoisotopic (exact) mass is 375 g/mol. The summed E-state index contributed by atoms with van der Waals surface area (Å²) in [5, 5.41) is 4.50. The van der Waals surface area contributed by atoms with Crippen LogP contribution in [-0.4, -0.2) is 17.1 Å². The second-order valence-electron chi connectivity index (χ2n) is 6.56. The highest BCUT2D eigenvalue weighted by atomic mass is 32.1. The molecule has 0 aliphatic rings. The first-order chi connectivity index (χ1) is 13.1. The van der Waals surface area contributed by atoms with Crippen LogP contribution in [0.5, 0.6) is 5.75 Å². The summed E-state index contributed by atoms with van der Waals surface area (Å²) in [6.45, 7) is 6.42. The molecule has 2 aromatic heterocycles. The second kappa shape index (κ2) is 7.00. The standard InChI is InChI=1S/C22H21N3OS/c1-13-9-10-16(11-14(13)2)19-15(3)27-22-20(19)21(23-12-24-22)25-17-7-5-6-8-18(17)26-4/h5-12H,1-4H3,(H,23,24,25). The Morgan fingerprint density at radius 1 is 0.963 bits per heavy atom. The van der Waals surface area contributed by atoms with E-state index in [0.717, 1.165) is 27.5 Å². The van der Waals surface area contributed by atoms with Gasteiger partial charge in [0, 0.05) is 10.4 Å². The average Bonchev–Trinajstić information content (AvgIpc) is 3.01. The van der Waals surface area contributed by atoms with Gasteiger partial charge in [-0.05, 0) is 49.6 Å². The van der Waals surface area contributed by atoms with E-state index in [2.05, 4.69) is 54.3 Å². The summed E-state index contributed by atoms with van der Waals surface area (Å²) >= 11 is 1.70. The van der Waals surface area contributed by atoms with Crippen molar-refractivity contribution in [1.82, 2.24) is 9.97 Å². The van der Waals surface area contributed by atoms with Gasteiger partial charge in [-0.25, -0.2) is 9.97 Å². The van der Waals surface area contributed by atoms with Gasteiger partial charge in [0.15, 0.2) is 0 Å². The SMILES string of the molecule is COc1ccccc1Nc1ncnc2sc(C)c(-c3ccc(C)c(C)c3)c12. The number of nitrogens with one attached hydrogen (secondary N) is 1. The molecule has 4 nitrogen and oxygen atoms in total. The van der Waals surface area contributed by atoms with Crippen LogP contribution in [0.2, 0.25) is 0 Å². The van der Waals surface area contributed by atoms with Crippen LogP contribution in [0.25, 0.3) is 21.3 Å². The van der Waals surface area contributed by atoms with E-state index in [1.54, 1.807) is 24.8 Å². The molecule has 0 atom stereocenters. The lowest BCUT2D eigenvalue weighted by Gasteiger charge is -2.12. The molecule has 136 valence electrons. The summed E-state index contributed by atoms with van der Waals surface area (Å²) in [5.41, 5.74) is 5.84. The van der Waals surface area contributed by atoms with Crippen LogP contribution >= 0.6 is 11.3 Å². The van der Waals surface area contributed by atoms with Crippen LogP contribution in [0.4, 0.5) is 11.5 Å². The maximum Gasteiger partial charge on any atom is 0.143 e. The molecule has 0 unspecified atom stereocenters. The lowest BCUT2D eigenvalue weighted by atomic mass is 9.99. The molecule has 4 rings (SSSR count). The summed E-state index contributed by atoms with van der Waals surface area (Å²) in [6, 6.07) is 14.4. The Bertz CT molecular complexity index is 1130. The van der Waals surface area contributed by atoms with Crippen molar-refractivity contribution in [3.8, 4) is 16.9 Å². The molecule has 0 amide bonds. The third-order valence-electron chi connectivity index (χ3n) is 4.82. The van der Waals surface area contributed by atoms with Crippen LogP contribution in [0.15, 0.2) is 48.8 Å². The number of methoxy groups -OCH3 is 1. The zero-order chi connectivity index (χ0) is 19.0. The fourth-order valence-electron chi connectivity index (χ4n) is 3.26. The first-order valence-corrected chi connectivity index (χ1v) is 9.62. The summed E-state index contributed by atoms with van der Waals surface area (Å²) in [4.78, 5) is 11.3. The van der Waals surface area contributed by atoms with E-state index in [1.807, 2.05) is 24.3 Å². The fraction of sp³-hybridized carbons (Fsp3) is 0.182. The van der Waals surface area contributed by atoms with Crippen molar-refractivity contribution in [2.45, 2.75) is 20.8 Å². The summed E-state index contributed by atoms with van der Waals surface area (Å²) < 4.78 is 5.48. The van der Waals surface area contributed by atoms with Crippen molar-refractivity contribution >= 4 is 33.1 Å². The Labute approximate surface area is 162 Å². The molecule has 5 heteroatoms. The molecular weight excluding hydrogens is 354 g/mol. The number of aromatic nitrogens is 2. The number of aryl methyl sites for hydroxylation is 3. The van der Waals surface area contributed by atoms with Crippen molar-refractivity contribution < 1.29 is 4.74 Å². The zero-order valence-electron chi connectivity index (χ0n) is 15.8. The molecule has 2 heterocycles. The summed E-state index contributed by atoms with van der Waals surface area (Å²) in [5.74, 6) is 1.58. The normalized spacial score (nSPS) is 11.0. The Balaban J connectivity index is 1.91. The van der Waals surface area contributed by atoms with E-state index in [0.29, 0.717) is 0 Å². The van der Waals surface area contributed by atoms with Gasteiger partial charge in [0.05, 0.1) is 18.2 Å². The molecule has 0 spiro atoms. The van der Waals surface area contributed by atoms with E-state index >= 15 is 0 Å². The van der Waals surface area contributed by atoms with Gasteiger partial charge in [0.1, 0.15) is 22.7 Å². The number of nitrogens with zero attached hydrogens (tertiary/aromatic N) is 2. The predicted octanol–water partition coefficient (Wildman–Crippen LogP) is 6.04. The first-order valence-electron chi connectivity index (χ1n) is 8.80. The zero-order valence-corrected chi connectivity index (χ0v) is 16.6. The molecule has 0 aliphatic carbocycles. The molecule has 0 radical (unpaired) electrons. The highest BCUT2D eigenvalue weighted by Crippen LogP contribution is 2.42. The van der Waals surface area contributed by atoms with Crippen LogP contribution in [0.3, 0.4) is 0 Å². The quantitative estimate of drug-likeness (QED) is 0.473. The van der Waals surface area contributed by atoms with Crippen LogP contribution in [0, 0.1) is 20.8 Å². The lowest BCUT2D eigenvalue weighted by Crippen LogP contribution is -1.98. The van der Waals surface area contributed by atoms with Gasteiger partial charge < -0.3 is 10.1 Å². The highest BCUT2D eigenvalue weighted by Gasteiger charge is 2.18. The van der Waals surface area contributed by atoms with Crippen molar-refractivity contribution in [2.24, 2.45) is 0 Å². The smallest absolute Gasteiger partial charge is 0.143 e. The van der Waals surface area contributed by atoms with Crippen molar-refractivity contribution in [2.75, 3.05) is 12.4 Å². The number of ether oxygens (including phenoxy) is 1. The largest absolute Gasteiger partial charge is 0.495 e. The Morgan fingerprint density at radius 3 is 2.56 bits per heavy atom. The highest BCUT2D eigenvalue weighted by molar-refractivity contribution is 7.19. The van der Waals surface area contributed by atoms with Gasteiger partial charge >= 0.3 is 0 Å². The fourth-order valence-corrected chi connectivity index (χ4v) is 4.27. The number of hydrogen-bond donors (Lipinski definition) is 1. The predicted molar refractivity (Wildman–Crippen MR) is 113 cm³/mol. The van der Waals surface area contributed by atoms with Crippen molar-refractivity contribution in [3.05, 3.63) is 64.8 Å². The molecule has 0 aliphatic heterocycles. The first kappa shape index (κ1) is 17.5. The minimum Gasteiger partial charge on any atom is -0.495 e. The van der Waals surface area contributed by atoms with Crippen LogP contribution < -0.4 is 10.1 Å². The number of para-hydroxylation sites is 2. The maximum absolute atomic E-state index is 5.48. The Morgan fingerprint density at radius 2 is 1.78 bits per heavy atom. The summed E-state index contributed by atoms with van der Waals surface area (Å²) in [7, 11) is 1.67. The van der Waals surface area contributed by atoms with E-state index < -0.39 is 0 Å². The van der Waals surface area contributed by atoms with Gasteiger partial charge in [-0.2, -0.15) is 0 Å². The summed E-state index contributed by atoms with van der Waals surface area (Å²) in [6.07, 6.45) is 1.61.